The molecule has 0 bridgehead atoms. The Hall–Kier alpha value is -1.05. The van der Waals surface area contributed by atoms with Crippen molar-refractivity contribution in [1.29, 1.82) is 0 Å². The molecule has 0 atom stereocenters. The number of carbonyl (C=O) groups excluding carboxylic acids is 2. The van der Waals surface area contributed by atoms with Gasteiger partial charge in [0, 0.05) is 5.56 Å². The Morgan fingerprint density at radius 2 is 2.00 bits per heavy atom. The van der Waals surface area contributed by atoms with Crippen molar-refractivity contribution in [2.24, 2.45) is 0 Å². The molecule has 0 N–H and O–H groups in total. The van der Waals surface area contributed by atoms with E-state index >= 15 is 0 Å². The third kappa shape index (κ3) is 3.24. The predicted molar refractivity (Wildman–Crippen MR) is 69.4 cm³/mol. The van der Waals surface area contributed by atoms with Crippen LogP contribution < -0.4 is 0 Å². The van der Waals surface area contributed by atoms with Gasteiger partial charge in [0.2, 0.25) is 0 Å². The maximum atomic E-state index is 13.8. The summed E-state index contributed by atoms with van der Waals surface area (Å²) in [4.78, 5) is 22.8. The molecule has 1 aromatic carbocycles. The van der Waals surface area contributed by atoms with Crippen molar-refractivity contribution < 1.29 is 23.1 Å². The van der Waals surface area contributed by atoms with Crippen LogP contribution in [0.4, 0.5) is 8.78 Å². The summed E-state index contributed by atoms with van der Waals surface area (Å²) in [5, 5.41) is 0. The lowest BCUT2D eigenvalue weighted by Crippen LogP contribution is -2.14. The summed E-state index contributed by atoms with van der Waals surface area (Å²) in [7, 11) is 0. The fraction of sp³-hybridized carbons (Fsp3) is 0.333. The molecule has 0 radical (unpaired) electrons. The topological polar surface area (TPSA) is 43.4 Å². The van der Waals surface area contributed by atoms with Gasteiger partial charge >= 0.3 is 5.97 Å². The molecule has 18 heavy (non-hydrogen) atoms. The summed E-state index contributed by atoms with van der Waals surface area (Å²) < 4.78 is 31.9. The fourth-order valence-corrected chi connectivity index (χ4v) is 1.76. The second-order valence-electron chi connectivity index (χ2n) is 3.56. The van der Waals surface area contributed by atoms with Crippen LogP contribution in [-0.2, 0) is 9.53 Å². The number of halogens is 3. The number of hydrogen-bond donors (Lipinski definition) is 0. The molecule has 0 aromatic heterocycles. The van der Waals surface area contributed by atoms with E-state index in [1.807, 2.05) is 0 Å². The molecule has 3 nitrogen and oxygen atoms in total. The summed E-state index contributed by atoms with van der Waals surface area (Å²) in [5.41, 5.74) is -0.360. The molecule has 0 amide bonds. The third-order valence-electron chi connectivity index (χ3n) is 2.29. The number of rotatable bonds is 4. The molecule has 0 spiro atoms. The van der Waals surface area contributed by atoms with Crippen LogP contribution in [-0.4, -0.2) is 18.4 Å². The summed E-state index contributed by atoms with van der Waals surface area (Å²) in [6.07, 6.45) is -0.593. The van der Waals surface area contributed by atoms with Crippen LogP contribution in [0.2, 0.25) is 0 Å². The SMILES string of the molecule is CCOC(=O)CC(=O)c1cc(F)c(I)c(C)c1F. The molecule has 98 valence electrons. The van der Waals surface area contributed by atoms with E-state index in [2.05, 4.69) is 4.74 Å². The summed E-state index contributed by atoms with van der Waals surface area (Å²) >= 11 is 1.66. The minimum atomic E-state index is -0.796. The zero-order valence-corrected chi connectivity index (χ0v) is 12.0. The van der Waals surface area contributed by atoms with Crippen LogP contribution in [0.25, 0.3) is 0 Å². The number of hydrogen-bond acceptors (Lipinski definition) is 3. The number of benzene rings is 1. The number of Topliss-reactive ketones (excluding diaryl/α,β-unsaturated/α-hetero) is 1. The molecule has 1 aromatic rings. The lowest BCUT2D eigenvalue weighted by molar-refractivity contribution is -0.141. The summed E-state index contributed by atoms with van der Waals surface area (Å²) in [6, 6.07) is 0.811. The van der Waals surface area contributed by atoms with Crippen molar-refractivity contribution in [3.05, 3.63) is 32.4 Å². The Kier molecular flexibility index (Phi) is 5.18. The Morgan fingerprint density at radius 3 is 2.56 bits per heavy atom. The highest BCUT2D eigenvalue weighted by molar-refractivity contribution is 14.1. The largest absolute Gasteiger partial charge is 0.466 e. The molecule has 0 saturated heterocycles. The van der Waals surface area contributed by atoms with Crippen molar-refractivity contribution in [2.75, 3.05) is 6.61 Å². The molecule has 6 heteroatoms. The van der Waals surface area contributed by atoms with Gasteiger partial charge in [0.05, 0.1) is 15.7 Å². The van der Waals surface area contributed by atoms with Crippen molar-refractivity contribution in [3.63, 3.8) is 0 Å². The third-order valence-corrected chi connectivity index (χ3v) is 3.61. The van der Waals surface area contributed by atoms with Gasteiger partial charge in [-0.15, -0.1) is 0 Å². The van der Waals surface area contributed by atoms with Crippen LogP contribution in [0.5, 0.6) is 0 Å². The second kappa shape index (κ2) is 6.21. The molecule has 0 unspecified atom stereocenters. The first-order valence-electron chi connectivity index (χ1n) is 5.21. The Bertz CT molecular complexity index is 501. The molecule has 0 aliphatic carbocycles. The van der Waals surface area contributed by atoms with E-state index in [4.69, 9.17) is 0 Å². The van der Waals surface area contributed by atoms with E-state index < -0.39 is 35.4 Å². The fourth-order valence-electron chi connectivity index (χ4n) is 1.37. The van der Waals surface area contributed by atoms with Gasteiger partial charge in [-0.25, -0.2) is 8.78 Å². The van der Waals surface area contributed by atoms with Gasteiger partial charge in [0.25, 0.3) is 0 Å². The van der Waals surface area contributed by atoms with Crippen LogP contribution in [0.3, 0.4) is 0 Å². The van der Waals surface area contributed by atoms with Gasteiger partial charge in [-0.2, -0.15) is 0 Å². The Morgan fingerprint density at radius 1 is 1.39 bits per heavy atom. The van der Waals surface area contributed by atoms with Gasteiger partial charge in [-0.1, -0.05) is 0 Å². The Balaban J connectivity index is 3.04. The number of esters is 1. The maximum Gasteiger partial charge on any atom is 0.313 e. The van der Waals surface area contributed by atoms with Crippen LogP contribution in [0, 0.1) is 22.1 Å². The molecule has 1 rings (SSSR count). The first-order valence-corrected chi connectivity index (χ1v) is 6.29. The Labute approximate surface area is 117 Å². The molecular weight excluding hydrogens is 357 g/mol. The van der Waals surface area contributed by atoms with Crippen molar-refractivity contribution >= 4 is 34.3 Å². The number of carbonyl (C=O) groups is 2. The van der Waals surface area contributed by atoms with Gasteiger partial charge in [-0.3, -0.25) is 9.59 Å². The molecule has 0 fully saturated rings. The highest BCUT2D eigenvalue weighted by atomic mass is 127. The van der Waals surface area contributed by atoms with Crippen LogP contribution in [0.15, 0.2) is 6.07 Å². The van der Waals surface area contributed by atoms with Gasteiger partial charge in [-0.05, 0) is 42.5 Å². The minimum absolute atomic E-state index is 0.0582. The van der Waals surface area contributed by atoms with E-state index in [0.717, 1.165) is 6.07 Å². The minimum Gasteiger partial charge on any atom is -0.466 e. The van der Waals surface area contributed by atoms with Crippen molar-refractivity contribution in [3.8, 4) is 0 Å². The van der Waals surface area contributed by atoms with Gasteiger partial charge < -0.3 is 4.74 Å². The monoisotopic (exact) mass is 368 g/mol. The highest BCUT2D eigenvalue weighted by Crippen LogP contribution is 2.23. The summed E-state index contributed by atoms with van der Waals surface area (Å²) in [6.45, 7) is 3.10. The normalized spacial score (nSPS) is 10.3. The first kappa shape index (κ1) is 15.0. The quantitative estimate of drug-likeness (QED) is 0.270. The van der Waals surface area contributed by atoms with Crippen molar-refractivity contribution in [1.82, 2.24) is 0 Å². The molecular formula is C12H11F2IO3. The van der Waals surface area contributed by atoms with E-state index in [1.54, 1.807) is 29.5 Å². The standard InChI is InChI=1S/C12H11F2IO3/c1-3-18-10(17)5-9(16)7-4-8(13)12(15)6(2)11(7)14/h4H,3,5H2,1-2H3. The molecule has 0 heterocycles. The van der Waals surface area contributed by atoms with E-state index in [1.165, 1.54) is 6.92 Å². The van der Waals surface area contributed by atoms with E-state index in [9.17, 15) is 18.4 Å². The van der Waals surface area contributed by atoms with Crippen molar-refractivity contribution in [2.45, 2.75) is 20.3 Å². The number of ether oxygens (including phenoxy) is 1. The molecule has 0 saturated carbocycles. The summed E-state index contributed by atoms with van der Waals surface area (Å²) in [5.74, 6) is -3.01. The van der Waals surface area contributed by atoms with E-state index in [-0.39, 0.29) is 15.7 Å². The first-order chi connectivity index (χ1) is 8.38. The number of ketones is 1. The second-order valence-corrected chi connectivity index (χ2v) is 4.64. The average Bonchev–Trinajstić information content (AvgIpc) is 2.31. The van der Waals surface area contributed by atoms with Crippen LogP contribution >= 0.6 is 22.6 Å². The van der Waals surface area contributed by atoms with Gasteiger partial charge in [0.1, 0.15) is 18.1 Å². The van der Waals surface area contributed by atoms with Crippen LogP contribution in [0.1, 0.15) is 29.3 Å². The molecule has 0 aliphatic rings. The lowest BCUT2D eigenvalue weighted by atomic mass is 10.0. The molecule has 0 aliphatic heterocycles. The van der Waals surface area contributed by atoms with Gasteiger partial charge in [0.15, 0.2) is 5.78 Å². The maximum absolute atomic E-state index is 13.8. The average molecular weight is 368 g/mol. The van der Waals surface area contributed by atoms with E-state index in [0.29, 0.717) is 0 Å². The lowest BCUT2D eigenvalue weighted by Gasteiger charge is -2.07. The zero-order valence-electron chi connectivity index (χ0n) is 9.85. The smallest absolute Gasteiger partial charge is 0.313 e. The predicted octanol–water partition coefficient (Wildman–Crippen LogP) is 3.01. The highest BCUT2D eigenvalue weighted by Gasteiger charge is 2.21. The zero-order chi connectivity index (χ0) is 13.9.